The zero-order valence-corrected chi connectivity index (χ0v) is 15.2. The lowest BCUT2D eigenvalue weighted by Crippen LogP contribution is -2.28. The highest BCUT2D eigenvalue weighted by molar-refractivity contribution is 6.35. The Morgan fingerprint density at radius 3 is 2.50 bits per heavy atom. The van der Waals surface area contributed by atoms with E-state index in [0.717, 1.165) is 12.2 Å². The summed E-state index contributed by atoms with van der Waals surface area (Å²) in [5, 5.41) is 1.36. The molecule has 2 aromatic carbocycles. The molecule has 24 heavy (non-hydrogen) atoms. The molecule has 0 bridgehead atoms. The second kappa shape index (κ2) is 9.02. The van der Waals surface area contributed by atoms with Crippen LogP contribution in [-0.4, -0.2) is 25.9 Å². The Bertz CT molecular complexity index is 709. The molecule has 0 unspecified atom stereocenters. The van der Waals surface area contributed by atoms with Gasteiger partial charge in [0.2, 0.25) is 0 Å². The van der Waals surface area contributed by atoms with Crippen molar-refractivity contribution in [3.63, 3.8) is 0 Å². The molecule has 0 heterocycles. The minimum absolute atomic E-state index is 0.171. The van der Waals surface area contributed by atoms with Gasteiger partial charge in [0.25, 0.3) is 0 Å². The van der Waals surface area contributed by atoms with Crippen LogP contribution in [0.5, 0.6) is 5.75 Å². The average molecular weight is 389 g/mol. The molecule has 0 aliphatic carbocycles. The first-order chi connectivity index (χ1) is 11.5. The van der Waals surface area contributed by atoms with Crippen molar-refractivity contribution < 1.29 is 14.3 Å². The van der Waals surface area contributed by atoms with Crippen LogP contribution in [0.25, 0.3) is 0 Å². The van der Waals surface area contributed by atoms with E-state index in [2.05, 4.69) is 0 Å². The Hall–Kier alpha value is -1.62. The van der Waals surface area contributed by atoms with Gasteiger partial charge < -0.3 is 14.4 Å². The smallest absolute Gasteiger partial charge is 0.432 e. The third-order valence-electron chi connectivity index (χ3n) is 3.22. The maximum absolute atomic E-state index is 11.7. The summed E-state index contributed by atoms with van der Waals surface area (Å²) in [6.07, 6.45) is -0.818. The molecule has 0 aliphatic heterocycles. The van der Waals surface area contributed by atoms with Crippen LogP contribution in [0, 0.1) is 0 Å². The van der Waals surface area contributed by atoms with Gasteiger partial charge in [0.05, 0.1) is 11.6 Å². The van der Waals surface area contributed by atoms with Crippen LogP contribution in [0.4, 0.5) is 10.5 Å². The van der Waals surface area contributed by atoms with Gasteiger partial charge in [-0.25, -0.2) is 4.79 Å². The fourth-order valence-corrected chi connectivity index (χ4v) is 2.69. The van der Waals surface area contributed by atoms with E-state index in [1.807, 2.05) is 36.1 Å². The summed E-state index contributed by atoms with van der Waals surface area (Å²) in [6.45, 7) is 3.44. The Morgan fingerprint density at radius 2 is 1.83 bits per heavy atom. The van der Waals surface area contributed by atoms with E-state index in [0.29, 0.717) is 16.6 Å². The van der Waals surface area contributed by atoms with E-state index in [1.165, 1.54) is 12.1 Å². The van der Waals surface area contributed by atoms with E-state index in [1.54, 1.807) is 6.07 Å². The minimum atomic E-state index is -0.818. The van der Waals surface area contributed by atoms with Gasteiger partial charge in [-0.15, -0.1) is 0 Å². The molecular weight excluding hydrogens is 373 g/mol. The Kier molecular flexibility index (Phi) is 7.03. The summed E-state index contributed by atoms with van der Waals surface area (Å²) in [7, 11) is 0. The van der Waals surface area contributed by atoms with Crippen molar-refractivity contribution in [1.29, 1.82) is 0 Å². The number of benzene rings is 2. The van der Waals surface area contributed by atoms with Gasteiger partial charge in [0.1, 0.15) is 6.61 Å². The highest BCUT2D eigenvalue weighted by atomic mass is 35.5. The first-order valence-corrected chi connectivity index (χ1v) is 8.43. The first-order valence-electron chi connectivity index (χ1n) is 7.29. The van der Waals surface area contributed by atoms with Crippen LogP contribution in [0.3, 0.4) is 0 Å². The van der Waals surface area contributed by atoms with E-state index in [9.17, 15) is 4.79 Å². The van der Waals surface area contributed by atoms with Crippen LogP contribution in [0.1, 0.15) is 6.92 Å². The maximum Gasteiger partial charge on any atom is 0.513 e. The largest absolute Gasteiger partial charge is 0.513 e. The molecule has 0 saturated heterocycles. The molecular formula is C17H16Cl3NO3. The number of hydrogen-bond acceptors (Lipinski definition) is 4. The predicted octanol–water partition coefficient (Wildman–Crippen LogP) is 5.69. The summed E-state index contributed by atoms with van der Waals surface area (Å²) in [6, 6.07) is 12.1. The number of ether oxygens (including phenoxy) is 2. The molecule has 128 valence electrons. The van der Waals surface area contributed by atoms with Gasteiger partial charge in [-0.05, 0) is 43.3 Å². The van der Waals surface area contributed by atoms with Crippen LogP contribution in [0.2, 0.25) is 15.1 Å². The topological polar surface area (TPSA) is 38.8 Å². The van der Waals surface area contributed by atoms with Gasteiger partial charge in [-0.1, -0.05) is 40.9 Å². The first kappa shape index (κ1) is 18.7. The summed E-state index contributed by atoms with van der Waals surface area (Å²) >= 11 is 17.7. The summed E-state index contributed by atoms with van der Waals surface area (Å²) in [5.41, 5.74) is 0.961. The Labute approximate surface area is 155 Å². The molecule has 0 spiro atoms. The number of halogens is 3. The fourth-order valence-electron chi connectivity index (χ4n) is 2.06. The molecule has 2 rings (SSSR count). The molecule has 0 atom stereocenters. The van der Waals surface area contributed by atoms with Crippen molar-refractivity contribution in [1.82, 2.24) is 0 Å². The number of anilines is 1. The standard InChI is InChI=1S/C17H16Cl3NO3/c1-2-21(14-5-3-4-12(18)10-14)8-9-23-17(22)24-16-7-6-13(19)11-15(16)20/h3-7,10-11H,2,8-9H2,1H3. The minimum Gasteiger partial charge on any atom is -0.432 e. The summed E-state index contributed by atoms with van der Waals surface area (Å²) in [5.74, 6) is 0.202. The molecule has 7 heteroatoms. The number of likely N-dealkylation sites (N-methyl/N-ethyl adjacent to an activating group) is 1. The second-order valence-corrected chi connectivity index (χ2v) is 6.11. The van der Waals surface area contributed by atoms with E-state index >= 15 is 0 Å². The van der Waals surface area contributed by atoms with Gasteiger partial charge in [-0.2, -0.15) is 0 Å². The SMILES string of the molecule is CCN(CCOC(=O)Oc1ccc(Cl)cc1Cl)c1cccc(Cl)c1. The quantitative estimate of drug-likeness (QED) is 0.471. The predicted molar refractivity (Wildman–Crippen MR) is 97.8 cm³/mol. The van der Waals surface area contributed by atoms with E-state index in [4.69, 9.17) is 44.3 Å². The maximum atomic E-state index is 11.7. The average Bonchev–Trinajstić information content (AvgIpc) is 2.54. The molecule has 0 fully saturated rings. The zero-order valence-electron chi connectivity index (χ0n) is 13.0. The van der Waals surface area contributed by atoms with Crippen molar-refractivity contribution in [3.05, 3.63) is 57.5 Å². The fraction of sp³-hybridized carbons (Fsp3) is 0.235. The zero-order chi connectivity index (χ0) is 17.5. The third kappa shape index (κ3) is 5.48. The molecule has 0 saturated carbocycles. The highest BCUT2D eigenvalue weighted by Crippen LogP contribution is 2.27. The number of rotatable bonds is 6. The third-order valence-corrected chi connectivity index (χ3v) is 3.99. The molecule has 0 amide bonds. The van der Waals surface area contributed by atoms with Crippen LogP contribution >= 0.6 is 34.8 Å². The number of nitrogens with zero attached hydrogens (tertiary/aromatic N) is 1. The molecule has 0 aromatic heterocycles. The van der Waals surface area contributed by atoms with E-state index < -0.39 is 6.16 Å². The van der Waals surface area contributed by atoms with Crippen molar-refractivity contribution in [3.8, 4) is 5.75 Å². The summed E-state index contributed by atoms with van der Waals surface area (Å²) < 4.78 is 10.1. The number of hydrogen-bond donors (Lipinski definition) is 0. The van der Waals surface area contributed by atoms with Crippen molar-refractivity contribution >= 4 is 46.6 Å². The molecule has 0 N–H and O–H groups in total. The van der Waals surface area contributed by atoms with Crippen molar-refractivity contribution in [2.24, 2.45) is 0 Å². The lowest BCUT2D eigenvalue weighted by Gasteiger charge is -2.22. The van der Waals surface area contributed by atoms with Crippen LogP contribution < -0.4 is 9.64 Å². The highest BCUT2D eigenvalue weighted by Gasteiger charge is 2.11. The summed E-state index contributed by atoms with van der Waals surface area (Å²) in [4.78, 5) is 13.8. The molecule has 0 aliphatic rings. The van der Waals surface area contributed by atoms with Gasteiger partial charge in [0.15, 0.2) is 5.75 Å². The monoisotopic (exact) mass is 387 g/mol. The van der Waals surface area contributed by atoms with Crippen molar-refractivity contribution in [2.45, 2.75) is 6.92 Å². The second-order valence-electron chi connectivity index (χ2n) is 4.83. The van der Waals surface area contributed by atoms with Crippen LogP contribution in [0.15, 0.2) is 42.5 Å². The van der Waals surface area contributed by atoms with Crippen LogP contribution in [-0.2, 0) is 4.74 Å². The molecule has 2 aromatic rings. The Morgan fingerprint density at radius 1 is 1.08 bits per heavy atom. The van der Waals surface area contributed by atoms with Gasteiger partial charge in [-0.3, -0.25) is 0 Å². The lowest BCUT2D eigenvalue weighted by atomic mass is 10.3. The van der Waals surface area contributed by atoms with Crippen molar-refractivity contribution in [2.75, 3.05) is 24.6 Å². The normalized spacial score (nSPS) is 10.3. The number of carbonyl (C=O) groups is 1. The lowest BCUT2D eigenvalue weighted by molar-refractivity contribution is 0.101. The molecule has 0 radical (unpaired) electrons. The van der Waals surface area contributed by atoms with Gasteiger partial charge >= 0.3 is 6.16 Å². The van der Waals surface area contributed by atoms with E-state index in [-0.39, 0.29) is 17.4 Å². The van der Waals surface area contributed by atoms with Gasteiger partial charge in [0, 0.05) is 22.3 Å². The number of carbonyl (C=O) groups excluding carboxylic acids is 1. The Balaban J connectivity index is 1.85. The molecule has 4 nitrogen and oxygen atoms in total.